The van der Waals surface area contributed by atoms with Gasteiger partial charge in [-0.05, 0) is 43.3 Å². The molecule has 1 aliphatic rings. The molecule has 2 aromatic heterocycles. The summed E-state index contributed by atoms with van der Waals surface area (Å²) in [5, 5.41) is 10.4. The third-order valence-electron chi connectivity index (χ3n) is 5.73. The molecule has 1 aliphatic heterocycles. The van der Waals surface area contributed by atoms with Crippen LogP contribution in [-0.2, 0) is 21.1 Å². The van der Waals surface area contributed by atoms with Gasteiger partial charge in [-0.25, -0.2) is 17.8 Å². The van der Waals surface area contributed by atoms with Crippen molar-refractivity contribution in [1.29, 1.82) is 0 Å². The zero-order chi connectivity index (χ0) is 24.4. The van der Waals surface area contributed by atoms with Crippen LogP contribution in [0.5, 0.6) is 0 Å². The summed E-state index contributed by atoms with van der Waals surface area (Å²) in [6.07, 6.45) is 3.51. The van der Waals surface area contributed by atoms with E-state index in [1.54, 1.807) is 49.6 Å². The molecule has 3 heterocycles. The van der Waals surface area contributed by atoms with Crippen LogP contribution in [0.25, 0.3) is 34.3 Å². The molecule has 0 radical (unpaired) electrons. The number of aromatic nitrogens is 4. The molecule has 9 nitrogen and oxygen atoms in total. The number of nitrogens with one attached hydrogen (secondary N) is 1. The zero-order valence-corrected chi connectivity index (χ0v) is 19.6. The first-order valence-electron chi connectivity index (χ1n) is 11.0. The molecule has 0 spiro atoms. The minimum atomic E-state index is -3.45. The number of hydrogen-bond acceptors (Lipinski definition) is 9. The second-order valence-corrected chi connectivity index (χ2v) is 10.3. The summed E-state index contributed by atoms with van der Waals surface area (Å²) in [6.45, 7) is 1.21. The molecule has 2 aromatic carbocycles. The summed E-state index contributed by atoms with van der Waals surface area (Å²) in [5.74, 6) is -0.341. The average Bonchev–Trinajstić information content (AvgIpc) is 3.58. The molecule has 4 aromatic rings. The fourth-order valence-corrected chi connectivity index (χ4v) is 5.44. The van der Waals surface area contributed by atoms with Gasteiger partial charge in [0.2, 0.25) is 0 Å². The standard InChI is InChI=1S/C24H22FN5O4S/c1-26-11-15-2-7-19(20(25)10-15)23-29-30-24(34-23)22-13-27-12-21(28-22)16-3-5-17(6-4-16)35(31,32)18-8-9-33-14-18/h2-7,10,12-13,18,26H,8-9,11,14H2,1H3. The Morgan fingerprint density at radius 2 is 1.83 bits per heavy atom. The maximum absolute atomic E-state index is 14.5. The maximum atomic E-state index is 14.5. The summed E-state index contributed by atoms with van der Waals surface area (Å²) in [5.41, 5.74) is 2.47. The number of ether oxygens (including phenoxy) is 1. The van der Waals surface area contributed by atoms with Crippen LogP contribution in [-0.4, -0.2) is 54.1 Å². The Kier molecular flexibility index (Phi) is 6.37. The van der Waals surface area contributed by atoms with Crippen LogP contribution in [0.15, 0.2) is 64.2 Å². The van der Waals surface area contributed by atoms with E-state index in [9.17, 15) is 12.8 Å². The van der Waals surface area contributed by atoms with Crippen molar-refractivity contribution < 1.29 is 22.0 Å². The molecule has 0 aliphatic carbocycles. The molecule has 1 N–H and O–H groups in total. The summed E-state index contributed by atoms with van der Waals surface area (Å²) < 4.78 is 50.9. The van der Waals surface area contributed by atoms with E-state index in [1.807, 2.05) is 0 Å². The Labute approximate surface area is 201 Å². The molecule has 11 heteroatoms. The van der Waals surface area contributed by atoms with E-state index in [0.29, 0.717) is 36.5 Å². The van der Waals surface area contributed by atoms with Gasteiger partial charge in [-0.2, -0.15) is 0 Å². The largest absolute Gasteiger partial charge is 0.414 e. The van der Waals surface area contributed by atoms with Crippen molar-refractivity contribution in [2.45, 2.75) is 23.1 Å². The number of benzene rings is 2. The van der Waals surface area contributed by atoms with Gasteiger partial charge < -0.3 is 14.5 Å². The van der Waals surface area contributed by atoms with E-state index in [-0.39, 0.29) is 28.8 Å². The minimum absolute atomic E-state index is 0.0335. The molecule has 1 atom stereocenters. The number of rotatable bonds is 7. The van der Waals surface area contributed by atoms with Gasteiger partial charge in [0.25, 0.3) is 11.8 Å². The molecular formula is C24H22FN5O4S. The normalized spacial score (nSPS) is 16.0. The number of halogens is 1. The van der Waals surface area contributed by atoms with Gasteiger partial charge in [0.15, 0.2) is 9.84 Å². The van der Waals surface area contributed by atoms with Gasteiger partial charge in [-0.15, -0.1) is 10.2 Å². The van der Waals surface area contributed by atoms with Crippen molar-refractivity contribution in [3.05, 3.63) is 66.2 Å². The van der Waals surface area contributed by atoms with Gasteiger partial charge in [-0.1, -0.05) is 18.2 Å². The Bertz CT molecular complexity index is 1450. The van der Waals surface area contributed by atoms with Crippen LogP contribution in [0, 0.1) is 5.82 Å². The van der Waals surface area contributed by atoms with Gasteiger partial charge >= 0.3 is 0 Å². The van der Waals surface area contributed by atoms with Crippen LogP contribution >= 0.6 is 0 Å². The number of sulfone groups is 1. The molecule has 0 amide bonds. The molecule has 180 valence electrons. The molecule has 5 rings (SSSR count). The van der Waals surface area contributed by atoms with Crippen LogP contribution < -0.4 is 5.32 Å². The fraction of sp³-hybridized carbons (Fsp3) is 0.250. The second kappa shape index (κ2) is 9.61. The van der Waals surface area contributed by atoms with Crippen molar-refractivity contribution in [2.75, 3.05) is 20.3 Å². The Morgan fingerprint density at radius 3 is 2.54 bits per heavy atom. The van der Waals surface area contributed by atoms with Gasteiger partial charge in [0.1, 0.15) is 11.5 Å². The van der Waals surface area contributed by atoms with Crippen molar-refractivity contribution >= 4 is 9.84 Å². The van der Waals surface area contributed by atoms with Crippen molar-refractivity contribution in [3.63, 3.8) is 0 Å². The first kappa shape index (κ1) is 23.2. The monoisotopic (exact) mass is 495 g/mol. The highest BCUT2D eigenvalue weighted by Crippen LogP contribution is 2.28. The van der Waals surface area contributed by atoms with Crippen molar-refractivity contribution in [2.24, 2.45) is 0 Å². The highest BCUT2D eigenvalue weighted by atomic mass is 32.2. The lowest BCUT2D eigenvalue weighted by Gasteiger charge is -2.10. The van der Waals surface area contributed by atoms with Crippen LogP contribution in [0.2, 0.25) is 0 Å². The van der Waals surface area contributed by atoms with Gasteiger partial charge in [0, 0.05) is 18.7 Å². The van der Waals surface area contributed by atoms with Gasteiger partial charge in [0.05, 0.1) is 40.4 Å². The first-order valence-corrected chi connectivity index (χ1v) is 12.5. The van der Waals surface area contributed by atoms with E-state index in [2.05, 4.69) is 25.5 Å². The van der Waals surface area contributed by atoms with Crippen LogP contribution in [0.4, 0.5) is 4.39 Å². The molecule has 1 fully saturated rings. The van der Waals surface area contributed by atoms with Crippen LogP contribution in [0.3, 0.4) is 0 Å². The van der Waals surface area contributed by atoms with Crippen molar-refractivity contribution in [3.8, 4) is 34.3 Å². The molecule has 0 saturated carbocycles. The smallest absolute Gasteiger partial charge is 0.268 e. The SMILES string of the molecule is CNCc1ccc(-c2nnc(-c3cncc(-c4ccc(S(=O)(=O)C5CCOC5)cc4)n3)o2)c(F)c1. The molecular weight excluding hydrogens is 473 g/mol. The molecule has 1 unspecified atom stereocenters. The Balaban J connectivity index is 1.39. The van der Waals surface area contributed by atoms with Crippen molar-refractivity contribution in [1.82, 2.24) is 25.5 Å². The minimum Gasteiger partial charge on any atom is -0.414 e. The first-order chi connectivity index (χ1) is 17.0. The quantitative estimate of drug-likeness (QED) is 0.412. The summed E-state index contributed by atoms with van der Waals surface area (Å²) in [4.78, 5) is 8.96. The lowest BCUT2D eigenvalue weighted by atomic mass is 10.1. The molecule has 1 saturated heterocycles. The molecule has 0 bridgehead atoms. The lowest BCUT2D eigenvalue weighted by molar-refractivity contribution is 0.198. The fourth-order valence-electron chi connectivity index (χ4n) is 3.86. The zero-order valence-electron chi connectivity index (χ0n) is 18.8. The van der Waals surface area contributed by atoms with E-state index in [0.717, 1.165) is 5.56 Å². The average molecular weight is 496 g/mol. The third kappa shape index (κ3) is 4.70. The summed E-state index contributed by atoms with van der Waals surface area (Å²) in [6, 6.07) is 11.3. The van der Waals surface area contributed by atoms with Crippen LogP contribution in [0.1, 0.15) is 12.0 Å². The lowest BCUT2D eigenvalue weighted by Crippen LogP contribution is -2.21. The highest BCUT2D eigenvalue weighted by Gasteiger charge is 2.31. The summed E-state index contributed by atoms with van der Waals surface area (Å²) in [7, 11) is -1.67. The highest BCUT2D eigenvalue weighted by molar-refractivity contribution is 7.92. The Hall–Kier alpha value is -3.54. The third-order valence-corrected chi connectivity index (χ3v) is 7.91. The van der Waals surface area contributed by atoms with E-state index in [1.165, 1.54) is 12.3 Å². The number of hydrogen-bond donors (Lipinski definition) is 1. The molecule has 35 heavy (non-hydrogen) atoms. The summed E-state index contributed by atoms with van der Waals surface area (Å²) >= 11 is 0. The maximum Gasteiger partial charge on any atom is 0.268 e. The Morgan fingerprint density at radius 1 is 1.06 bits per heavy atom. The van der Waals surface area contributed by atoms with E-state index in [4.69, 9.17) is 9.15 Å². The predicted octanol–water partition coefficient (Wildman–Crippen LogP) is 3.28. The predicted molar refractivity (Wildman–Crippen MR) is 125 cm³/mol. The van der Waals surface area contributed by atoms with Gasteiger partial charge in [-0.3, -0.25) is 4.98 Å². The second-order valence-electron chi connectivity index (χ2n) is 8.10. The van der Waals surface area contributed by atoms with E-state index < -0.39 is 20.9 Å². The number of nitrogens with zero attached hydrogens (tertiary/aromatic N) is 4. The van der Waals surface area contributed by atoms with E-state index >= 15 is 0 Å². The topological polar surface area (TPSA) is 120 Å².